The highest BCUT2D eigenvalue weighted by Gasteiger charge is 2.25. The lowest BCUT2D eigenvalue weighted by Gasteiger charge is -2.18. The van der Waals surface area contributed by atoms with Gasteiger partial charge in [-0.25, -0.2) is 9.78 Å². The Morgan fingerprint density at radius 3 is 2.45 bits per heavy atom. The highest BCUT2D eigenvalue weighted by atomic mass is 16.4. The minimum absolute atomic E-state index is 0.0450. The van der Waals surface area contributed by atoms with E-state index in [4.69, 9.17) is 4.98 Å². The average molecular weight is 393 g/mol. The third-order valence-electron chi connectivity index (χ3n) is 5.30. The predicted octanol–water partition coefficient (Wildman–Crippen LogP) is 3.69. The summed E-state index contributed by atoms with van der Waals surface area (Å²) in [6.45, 7) is 9.63. The van der Waals surface area contributed by atoms with Crippen molar-refractivity contribution in [3.63, 3.8) is 0 Å². The maximum absolute atomic E-state index is 12.7. The summed E-state index contributed by atoms with van der Waals surface area (Å²) in [5, 5.41) is 12.0. The van der Waals surface area contributed by atoms with Crippen molar-refractivity contribution >= 4 is 17.5 Å². The zero-order valence-electron chi connectivity index (χ0n) is 17.5. The number of carboxylic acid groups (broad SMARTS) is 1. The molecule has 2 heterocycles. The van der Waals surface area contributed by atoms with Crippen molar-refractivity contribution in [3.8, 4) is 11.3 Å². The second-order valence-corrected chi connectivity index (χ2v) is 7.90. The number of hydrogen-bond donors (Lipinski definition) is 2. The van der Waals surface area contributed by atoms with Crippen LogP contribution in [0.4, 0.5) is 0 Å². The smallest absolute Gasteiger partial charge is 0.326 e. The van der Waals surface area contributed by atoms with Gasteiger partial charge in [0.25, 0.3) is 0 Å². The predicted molar refractivity (Wildman–Crippen MR) is 113 cm³/mol. The Bertz CT molecular complexity index is 1080. The average Bonchev–Trinajstić information content (AvgIpc) is 3.01. The van der Waals surface area contributed by atoms with Crippen LogP contribution in [-0.2, 0) is 16.0 Å². The Morgan fingerprint density at radius 1 is 1.10 bits per heavy atom. The van der Waals surface area contributed by atoms with E-state index in [1.807, 2.05) is 48.7 Å². The Labute approximate surface area is 170 Å². The number of imidazole rings is 1. The molecule has 1 amide bonds. The number of nitrogens with zero attached hydrogens (tertiary/aromatic N) is 2. The number of aryl methyl sites for hydroxylation is 3. The summed E-state index contributed by atoms with van der Waals surface area (Å²) in [7, 11) is 0. The van der Waals surface area contributed by atoms with Crippen LogP contribution in [-0.4, -0.2) is 32.4 Å². The van der Waals surface area contributed by atoms with Crippen LogP contribution < -0.4 is 5.32 Å². The Balaban J connectivity index is 2.06. The third-order valence-corrected chi connectivity index (χ3v) is 5.30. The maximum Gasteiger partial charge on any atom is 0.326 e. The molecule has 0 saturated heterocycles. The maximum atomic E-state index is 12.7. The lowest BCUT2D eigenvalue weighted by molar-refractivity contribution is -0.143. The molecule has 0 aliphatic rings. The van der Waals surface area contributed by atoms with Gasteiger partial charge in [0.1, 0.15) is 11.7 Å². The van der Waals surface area contributed by atoms with Crippen LogP contribution in [0.15, 0.2) is 36.5 Å². The quantitative estimate of drug-likeness (QED) is 0.669. The molecule has 1 unspecified atom stereocenters. The molecule has 0 aliphatic carbocycles. The van der Waals surface area contributed by atoms with Crippen LogP contribution in [0.1, 0.15) is 36.2 Å². The van der Waals surface area contributed by atoms with Crippen molar-refractivity contribution in [2.24, 2.45) is 5.92 Å². The molecular formula is C23H27N3O3. The Hall–Kier alpha value is -3.15. The molecule has 3 aromatic rings. The highest BCUT2D eigenvalue weighted by Crippen LogP contribution is 2.28. The number of benzene rings is 1. The number of aliphatic carboxylic acids is 1. The van der Waals surface area contributed by atoms with Gasteiger partial charge in [0.15, 0.2) is 0 Å². The number of aromatic nitrogens is 2. The topological polar surface area (TPSA) is 83.7 Å². The number of nitrogens with one attached hydrogen (secondary N) is 1. The molecule has 0 radical (unpaired) electrons. The van der Waals surface area contributed by atoms with Crippen LogP contribution in [0.25, 0.3) is 16.9 Å². The van der Waals surface area contributed by atoms with Crippen LogP contribution >= 0.6 is 0 Å². The van der Waals surface area contributed by atoms with E-state index in [9.17, 15) is 14.7 Å². The van der Waals surface area contributed by atoms with Gasteiger partial charge in [-0.2, -0.15) is 0 Å². The van der Waals surface area contributed by atoms with Gasteiger partial charge in [0.05, 0.1) is 17.8 Å². The first-order chi connectivity index (χ1) is 13.7. The molecule has 0 fully saturated rings. The number of amides is 1. The lowest BCUT2D eigenvalue weighted by atomic mass is 10.0. The van der Waals surface area contributed by atoms with Gasteiger partial charge in [-0.15, -0.1) is 0 Å². The van der Waals surface area contributed by atoms with E-state index in [0.717, 1.165) is 33.7 Å². The number of carboxylic acids is 1. The first kappa shape index (κ1) is 20.6. The minimum Gasteiger partial charge on any atom is -0.480 e. The summed E-state index contributed by atoms with van der Waals surface area (Å²) in [5.41, 5.74) is 6.58. The first-order valence-electron chi connectivity index (χ1n) is 9.75. The van der Waals surface area contributed by atoms with Crippen molar-refractivity contribution in [1.29, 1.82) is 0 Å². The van der Waals surface area contributed by atoms with Gasteiger partial charge >= 0.3 is 5.97 Å². The van der Waals surface area contributed by atoms with Crippen molar-refractivity contribution in [3.05, 3.63) is 58.9 Å². The monoisotopic (exact) mass is 393 g/mol. The standard InChI is InChI=1S/C23H27N3O3/c1-13(2)20(23(28)29)24-19(27)12-18-21(17-9-8-14(3)16(5)11-17)25-22-15(4)7-6-10-26(18)22/h6-11,13,20H,12H2,1-5H3,(H,24,27)(H,28,29). The molecule has 3 rings (SSSR count). The van der Waals surface area contributed by atoms with Crippen molar-refractivity contribution in [2.75, 3.05) is 0 Å². The molecular weight excluding hydrogens is 366 g/mol. The van der Waals surface area contributed by atoms with Crippen LogP contribution in [0.3, 0.4) is 0 Å². The normalized spacial score (nSPS) is 12.3. The Morgan fingerprint density at radius 2 is 1.83 bits per heavy atom. The molecule has 2 aromatic heterocycles. The molecule has 152 valence electrons. The molecule has 0 aliphatic heterocycles. The zero-order chi connectivity index (χ0) is 21.3. The van der Waals surface area contributed by atoms with Gasteiger partial charge in [0, 0.05) is 11.8 Å². The molecule has 1 aromatic carbocycles. The second kappa shape index (κ2) is 8.07. The summed E-state index contributed by atoms with van der Waals surface area (Å²) in [4.78, 5) is 29.0. The zero-order valence-corrected chi connectivity index (χ0v) is 17.5. The summed E-state index contributed by atoms with van der Waals surface area (Å²) < 4.78 is 1.92. The fourth-order valence-corrected chi connectivity index (χ4v) is 3.43. The summed E-state index contributed by atoms with van der Waals surface area (Å²) >= 11 is 0. The summed E-state index contributed by atoms with van der Waals surface area (Å²) in [6.07, 6.45) is 1.93. The molecule has 0 spiro atoms. The molecule has 0 bridgehead atoms. The van der Waals surface area contributed by atoms with Gasteiger partial charge in [-0.3, -0.25) is 4.79 Å². The lowest BCUT2D eigenvalue weighted by Crippen LogP contribution is -2.45. The first-order valence-corrected chi connectivity index (χ1v) is 9.75. The molecule has 1 atom stereocenters. The van der Waals surface area contributed by atoms with Gasteiger partial charge in [0.2, 0.25) is 5.91 Å². The molecule has 6 heteroatoms. The van der Waals surface area contributed by atoms with E-state index >= 15 is 0 Å². The molecule has 2 N–H and O–H groups in total. The number of carbonyl (C=O) groups is 2. The fraction of sp³-hybridized carbons (Fsp3) is 0.348. The molecule has 29 heavy (non-hydrogen) atoms. The Kier molecular flexibility index (Phi) is 5.73. The summed E-state index contributed by atoms with van der Waals surface area (Å²) in [5.74, 6) is -1.57. The van der Waals surface area contributed by atoms with Crippen LogP contribution in [0, 0.1) is 26.7 Å². The van der Waals surface area contributed by atoms with Crippen molar-refractivity contribution in [2.45, 2.75) is 47.1 Å². The van der Waals surface area contributed by atoms with Crippen molar-refractivity contribution in [1.82, 2.24) is 14.7 Å². The van der Waals surface area contributed by atoms with E-state index in [1.165, 1.54) is 5.56 Å². The van der Waals surface area contributed by atoms with Gasteiger partial charge in [-0.05, 0) is 55.5 Å². The van der Waals surface area contributed by atoms with E-state index in [2.05, 4.69) is 18.3 Å². The molecule has 0 saturated carbocycles. The van der Waals surface area contributed by atoms with Gasteiger partial charge < -0.3 is 14.8 Å². The van der Waals surface area contributed by atoms with E-state index < -0.39 is 12.0 Å². The van der Waals surface area contributed by atoms with Crippen molar-refractivity contribution < 1.29 is 14.7 Å². The van der Waals surface area contributed by atoms with E-state index in [0.29, 0.717) is 0 Å². The third kappa shape index (κ3) is 4.16. The van der Waals surface area contributed by atoms with E-state index in [-0.39, 0.29) is 18.2 Å². The minimum atomic E-state index is -1.03. The van der Waals surface area contributed by atoms with Crippen LogP contribution in [0.2, 0.25) is 0 Å². The van der Waals surface area contributed by atoms with E-state index in [1.54, 1.807) is 13.8 Å². The number of rotatable bonds is 6. The number of pyridine rings is 1. The fourth-order valence-electron chi connectivity index (χ4n) is 3.43. The number of fused-ring (bicyclic) bond motifs is 1. The van der Waals surface area contributed by atoms with Crippen LogP contribution in [0.5, 0.6) is 0 Å². The largest absolute Gasteiger partial charge is 0.480 e. The molecule has 6 nitrogen and oxygen atoms in total. The number of carbonyl (C=O) groups excluding carboxylic acids is 1. The number of hydrogen-bond acceptors (Lipinski definition) is 3. The van der Waals surface area contributed by atoms with Gasteiger partial charge in [-0.1, -0.05) is 32.0 Å². The summed E-state index contributed by atoms with van der Waals surface area (Å²) in [6, 6.07) is 9.11. The second-order valence-electron chi connectivity index (χ2n) is 7.90. The SMILES string of the molecule is Cc1ccc(-c2nc3c(C)cccn3c2CC(=O)NC(C(=O)O)C(C)C)cc1C. The highest BCUT2D eigenvalue weighted by molar-refractivity contribution is 5.86.